The Bertz CT molecular complexity index is 625. The van der Waals surface area contributed by atoms with E-state index in [1.54, 1.807) is 24.3 Å². The summed E-state index contributed by atoms with van der Waals surface area (Å²) >= 11 is 11.6. The summed E-state index contributed by atoms with van der Waals surface area (Å²) in [4.78, 5) is 23.4. The number of hydrogen-bond acceptors (Lipinski definition) is 2. The summed E-state index contributed by atoms with van der Waals surface area (Å²) in [5.41, 5.74) is 0.896. The molecule has 0 bridgehead atoms. The van der Waals surface area contributed by atoms with Gasteiger partial charge >= 0.3 is 11.8 Å². The molecule has 0 spiro atoms. The highest BCUT2D eigenvalue weighted by atomic mass is 35.5. The second kappa shape index (κ2) is 6.41. The number of benzene rings is 2. The zero-order valence-corrected chi connectivity index (χ0v) is 11.7. The lowest BCUT2D eigenvalue weighted by molar-refractivity contribution is -0.132. The maximum Gasteiger partial charge on any atom is 0.314 e. The molecule has 0 atom stereocenters. The molecule has 0 radical (unpaired) electrons. The summed E-state index contributed by atoms with van der Waals surface area (Å²) in [7, 11) is 0. The fourth-order valence-corrected chi connectivity index (χ4v) is 2.05. The predicted octanol–water partition coefficient (Wildman–Crippen LogP) is 3.57. The van der Waals surface area contributed by atoms with E-state index in [1.165, 1.54) is 18.2 Å². The van der Waals surface area contributed by atoms with Crippen LogP contribution in [0.5, 0.6) is 0 Å². The first kappa shape index (κ1) is 14.4. The number of hydrogen-bond donors (Lipinski definition) is 2. The lowest BCUT2D eigenvalue weighted by Crippen LogP contribution is -2.29. The summed E-state index contributed by atoms with van der Waals surface area (Å²) < 4.78 is 0. The largest absolute Gasteiger partial charge is 0.318 e. The maximum absolute atomic E-state index is 11.7. The van der Waals surface area contributed by atoms with Crippen LogP contribution >= 0.6 is 23.2 Å². The normalized spacial score (nSPS) is 9.90. The number of halogens is 2. The van der Waals surface area contributed by atoms with E-state index in [2.05, 4.69) is 10.6 Å². The molecule has 2 aromatic rings. The standard InChI is InChI=1S/C14H10Cl2N2O2/c15-9-6-10(16)8-12(7-9)18-14(20)13(19)17-11-4-2-1-3-5-11/h1-8H,(H,17,19)(H,18,20). The molecule has 0 saturated carbocycles. The van der Waals surface area contributed by atoms with Gasteiger partial charge in [-0.1, -0.05) is 41.4 Å². The molecule has 0 aliphatic rings. The Labute approximate surface area is 125 Å². The van der Waals surface area contributed by atoms with Gasteiger partial charge in [0, 0.05) is 21.4 Å². The molecule has 2 amide bonds. The van der Waals surface area contributed by atoms with Crippen LogP contribution in [0, 0.1) is 0 Å². The number of carbonyl (C=O) groups excluding carboxylic acids is 2. The number of rotatable bonds is 2. The van der Waals surface area contributed by atoms with Crippen LogP contribution in [0.25, 0.3) is 0 Å². The van der Waals surface area contributed by atoms with E-state index in [-0.39, 0.29) is 0 Å². The van der Waals surface area contributed by atoms with Gasteiger partial charge in [-0.15, -0.1) is 0 Å². The van der Waals surface area contributed by atoms with Crippen molar-refractivity contribution >= 4 is 46.4 Å². The molecule has 20 heavy (non-hydrogen) atoms. The lowest BCUT2D eigenvalue weighted by Gasteiger charge is -2.07. The topological polar surface area (TPSA) is 58.2 Å². The van der Waals surface area contributed by atoms with E-state index in [4.69, 9.17) is 23.2 Å². The van der Waals surface area contributed by atoms with Crippen molar-refractivity contribution in [1.82, 2.24) is 0 Å². The van der Waals surface area contributed by atoms with Crippen molar-refractivity contribution in [3.05, 3.63) is 58.6 Å². The number of carbonyl (C=O) groups is 2. The van der Waals surface area contributed by atoms with Gasteiger partial charge in [-0.25, -0.2) is 0 Å². The molecular weight excluding hydrogens is 299 g/mol. The molecule has 2 aromatic carbocycles. The molecule has 0 heterocycles. The molecule has 102 valence electrons. The van der Waals surface area contributed by atoms with E-state index in [9.17, 15) is 9.59 Å². The van der Waals surface area contributed by atoms with E-state index < -0.39 is 11.8 Å². The first-order chi connectivity index (χ1) is 9.54. The van der Waals surface area contributed by atoms with Crippen LogP contribution in [-0.4, -0.2) is 11.8 Å². The van der Waals surface area contributed by atoms with Crippen LogP contribution in [0.4, 0.5) is 11.4 Å². The van der Waals surface area contributed by atoms with Crippen molar-refractivity contribution < 1.29 is 9.59 Å². The van der Waals surface area contributed by atoms with Gasteiger partial charge in [0.2, 0.25) is 0 Å². The first-order valence-corrected chi connectivity index (χ1v) is 6.43. The van der Waals surface area contributed by atoms with Gasteiger partial charge in [-0.3, -0.25) is 9.59 Å². The molecule has 6 heteroatoms. The summed E-state index contributed by atoms with van der Waals surface area (Å²) in [6.45, 7) is 0. The zero-order chi connectivity index (χ0) is 14.5. The summed E-state index contributed by atoms with van der Waals surface area (Å²) in [5.74, 6) is -1.57. The highest BCUT2D eigenvalue weighted by Crippen LogP contribution is 2.22. The van der Waals surface area contributed by atoms with Crippen molar-refractivity contribution in [1.29, 1.82) is 0 Å². The van der Waals surface area contributed by atoms with Crippen molar-refractivity contribution in [3.8, 4) is 0 Å². The third-order valence-electron chi connectivity index (χ3n) is 2.36. The minimum atomic E-state index is -0.799. The smallest absolute Gasteiger partial charge is 0.314 e. The Kier molecular flexibility index (Phi) is 4.61. The number of para-hydroxylation sites is 1. The first-order valence-electron chi connectivity index (χ1n) is 5.68. The van der Waals surface area contributed by atoms with Crippen molar-refractivity contribution in [3.63, 3.8) is 0 Å². The summed E-state index contributed by atoms with van der Waals surface area (Å²) in [5, 5.41) is 5.64. The number of anilines is 2. The van der Waals surface area contributed by atoms with Gasteiger partial charge in [0.05, 0.1) is 0 Å². The molecule has 0 aliphatic heterocycles. The Hall–Kier alpha value is -2.04. The Balaban J connectivity index is 2.02. The van der Waals surface area contributed by atoms with E-state index >= 15 is 0 Å². The Morgan fingerprint density at radius 1 is 0.750 bits per heavy atom. The monoisotopic (exact) mass is 308 g/mol. The van der Waals surface area contributed by atoms with Gasteiger partial charge in [-0.2, -0.15) is 0 Å². The fraction of sp³-hybridized carbons (Fsp3) is 0. The summed E-state index contributed by atoms with van der Waals surface area (Å²) in [6.07, 6.45) is 0. The number of amides is 2. The zero-order valence-electron chi connectivity index (χ0n) is 10.2. The molecule has 2 N–H and O–H groups in total. The minimum Gasteiger partial charge on any atom is -0.318 e. The molecule has 0 unspecified atom stereocenters. The average molecular weight is 309 g/mol. The van der Waals surface area contributed by atoms with E-state index in [0.717, 1.165) is 0 Å². The third-order valence-corrected chi connectivity index (χ3v) is 2.79. The molecule has 0 fully saturated rings. The SMILES string of the molecule is O=C(Nc1ccccc1)C(=O)Nc1cc(Cl)cc(Cl)c1. The quantitative estimate of drug-likeness (QED) is 0.833. The van der Waals surface area contributed by atoms with Crippen LogP contribution < -0.4 is 10.6 Å². The molecular formula is C14H10Cl2N2O2. The van der Waals surface area contributed by atoms with Crippen LogP contribution in [-0.2, 0) is 9.59 Å². The fourth-order valence-electron chi connectivity index (χ4n) is 1.52. The third kappa shape index (κ3) is 3.98. The second-order valence-corrected chi connectivity index (χ2v) is 4.81. The van der Waals surface area contributed by atoms with Crippen LogP contribution in [0.3, 0.4) is 0 Å². The van der Waals surface area contributed by atoms with Crippen molar-refractivity contribution in [2.24, 2.45) is 0 Å². The molecule has 2 rings (SSSR count). The predicted molar refractivity (Wildman–Crippen MR) is 80.2 cm³/mol. The molecule has 0 saturated heterocycles. The Morgan fingerprint density at radius 2 is 1.25 bits per heavy atom. The van der Waals surface area contributed by atoms with Gasteiger partial charge in [0.1, 0.15) is 0 Å². The van der Waals surface area contributed by atoms with Gasteiger partial charge in [0.25, 0.3) is 0 Å². The minimum absolute atomic E-state index is 0.357. The maximum atomic E-state index is 11.7. The lowest BCUT2D eigenvalue weighted by atomic mass is 10.3. The Morgan fingerprint density at radius 3 is 1.80 bits per heavy atom. The summed E-state index contributed by atoms with van der Waals surface area (Å²) in [6, 6.07) is 13.2. The second-order valence-electron chi connectivity index (χ2n) is 3.93. The van der Waals surface area contributed by atoms with Gasteiger partial charge in [0.15, 0.2) is 0 Å². The van der Waals surface area contributed by atoms with Crippen LogP contribution in [0.1, 0.15) is 0 Å². The number of nitrogens with one attached hydrogen (secondary N) is 2. The molecule has 0 aromatic heterocycles. The van der Waals surface area contributed by atoms with E-state index in [0.29, 0.717) is 21.4 Å². The molecule has 4 nitrogen and oxygen atoms in total. The van der Waals surface area contributed by atoms with E-state index in [1.807, 2.05) is 6.07 Å². The average Bonchev–Trinajstić information content (AvgIpc) is 2.38. The highest BCUT2D eigenvalue weighted by molar-refractivity contribution is 6.44. The van der Waals surface area contributed by atoms with Crippen molar-refractivity contribution in [2.75, 3.05) is 10.6 Å². The highest BCUT2D eigenvalue weighted by Gasteiger charge is 2.14. The van der Waals surface area contributed by atoms with Gasteiger partial charge < -0.3 is 10.6 Å². The van der Waals surface area contributed by atoms with Gasteiger partial charge in [-0.05, 0) is 30.3 Å². The van der Waals surface area contributed by atoms with Crippen molar-refractivity contribution in [2.45, 2.75) is 0 Å². The van der Waals surface area contributed by atoms with Crippen LogP contribution in [0.15, 0.2) is 48.5 Å². The molecule has 0 aliphatic carbocycles. The van der Waals surface area contributed by atoms with Crippen LogP contribution in [0.2, 0.25) is 10.0 Å².